The Morgan fingerprint density at radius 2 is 1.62 bits per heavy atom. The summed E-state index contributed by atoms with van der Waals surface area (Å²) in [5, 5.41) is 8.07. The second-order valence-corrected chi connectivity index (χ2v) is 2.84. The van der Waals surface area contributed by atoms with Gasteiger partial charge in [-0.15, -0.1) is 0 Å². The number of aliphatic hydroxyl groups is 1. The predicted octanol–water partition coefficient (Wildman–Crippen LogP) is 1.63. The summed E-state index contributed by atoms with van der Waals surface area (Å²) < 4.78 is 4.73. The molecule has 0 heterocycles. The van der Waals surface area contributed by atoms with Gasteiger partial charge in [-0.05, 0) is 12.8 Å². The molecule has 3 N–H and O–H groups in total. The van der Waals surface area contributed by atoms with Crippen LogP contribution in [0.25, 0.3) is 0 Å². The summed E-state index contributed by atoms with van der Waals surface area (Å²) in [5.74, 6) is 0.935. The molecule has 0 spiro atoms. The molecule has 0 atom stereocenters. The van der Waals surface area contributed by atoms with Crippen LogP contribution in [0.2, 0.25) is 0 Å². The minimum absolute atomic E-state index is 0. The number of rotatable bonds is 5. The van der Waals surface area contributed by atoms with Gasteiger partial charge < -0.3 is 15.3 Å². The van der Waals surface area contributed by atoms with Gasteiger partial charge in [0.15, 0.2) is 0 Å². The van der Waals surface area contributed by atoms with Crippen molar-refractivity contribution in [2.75, 3.05) is 19.8 Å². The molecular weight excluding hydrogens is 168 g/mol. The van der Waals surface area contributed by atoms with Gasteiger partial charge >= 0.3 is 0 Å². The Hall–Kier alpha value is -0.120. The second kappa shape index (κ2) is 17.8. The van der Waals surface area contributed by atoms with Crippen molar-refractivity contribution in [1.82, 2.24) is 0 Å². The van der Waals surface area contributed by atoms with Crippen LogP contribution >= 0.6 is 0 Å². The van der Waals surface area contributed by atoms with Gasteiger partial charge in [-0.25, -0.2) is 0 Å². The van der Waals surface area contributed by atoms with Crippen LogP contribution in [0.5, 0.6) is 0 Å². The number of ether oxygens (including phenoxy) is 1. The average Bonchev–Trinajstić information content (AvgIpc) is 2.14. The van der Waals surface area contributed by atoms with Crippen LogP contribution in [0, 0.1) is 5.92 Å². The number of hydrogen-bond acceptors (Lipinski definition) is 2. The molecule has 0 aliphatic carbocycles. The van der Waals surface area contributed by atoms with Crippen molar-refractivity contribution in [2.24, 2.45) is 5.92 Å². The average molecular weight is 194 g/mol. The molecular formula is C10H26O3. The summed E-state index contributed by atoms with van der Waals surface area (Å²) >= 11 is 0. The van der Waals surface area contributed by atoms with E-state index in [2.05, 4.69) is 20.8 Å². The third kappa shape index (κ3) is 24.5. The quantitative estimate of drug-likeness (QED) is 0.676. The summed E-state index contributed by atoms with van der Waals surface area (Å²) in [4.78, 5) is 0. The Bertz CT molecular complexity index is 59.2. The third-order valence-corrected chi connectivity index (χ3v) is 1.83. The van der Waals surface area contributed by atoms with Gasteiger partial charge in [-0.1, -0.05) is 33.6 Å². The zero-order chi connectivity index (χ0) is 9.82. The first kappa shape index (κ1) is 18.6. The van der Waals surface area contributed by atoms with Crippen LogP contribution in [-0.4, -0.2) is 30.4 Å². The van der Waals surface area contributed by atoms with Crippen molar-refractivity contribution < 1.29 is 15.3 Å². The first-order valence-electron chi connectivity index (χ1n) is 4.91. The highest BCUT2D eigenvalue weighted by Gasteiger charge is 1.88. The van der Waals surface area contributed by atoms with Crippen molar-refractivity contribution in [3.63, 3.8) is 0 Å². The van der Waals surface area contributed by atoms with Crippen molar-refractivity contribution in [1.29, 1.82) is 0 Å². The second-order valence-electron chi connectivity index (χ2n) is 2.84. The molecule has 84 valence electrons. The van der Waals surface area contributed by atoms with E-state index in [1.54, 1.807) is 0 Å². The Balaban J connectivity index is -0.000000143. The summed E-state index contributed by atoms with van der Waals surface area (Å²) in [5.41, 5.74) is 0. The Morgan fingerprint density at radius 1 is 1.15 bits per heavy atom. The van der Waals surface area contributed by atoms with Crippen molar-refractivity contribution in [3.05, 3.63) is 0 Å². The van der Waals surface area contributed by atoms with Crippen LogP contribution in [-0.2, 0) is 4.74 Å². The lowest BCUT2D eigenvalue weighted by atomic mass is 10.1. The minimum atomic E-state index is 0. The normalized spacial score (nSPS) is 8.77. The fraction of sp³-hybridized carbons (Fsp3) is 1.00. The van der Waals surface area contributed by atoms with Crippen LogP contribution in [0.1, 0.15) is 40.5 Å². The lowest BCUT2D eigenvalue weighted by molar-refractivity contribution is 0.102. The van der Waals surface area contributed by atoms with Crippen molar-refractivity contribution in [2.45, 2.75) is 40.5 Å². The highest BCUT2D eigenvalue weighted by Crippen LogP contribution is 2.02. The van der Waals surface area contributed by atoms with Crippen LogP contribution in [0.15, 0.2) is 0 Å². The molecule has 3 nitrogen and oxygen atoms in total. The minimum Gasteiger partial charge on any atom is -0.412 e. The van der Waals surface area contributed by atoms with E-state index in [9.17, 15) is 0 Å². The Morgan fingerprint density at radius 3 is 1.69 bits per heavy atom. The zero-order valence-corrected chi connectivity index (χ0v) is 9.47. The molecule has 0 aromatic rings. The van der Waals surface area contributed by atoms with E-state index in [0.29, 0.717) is 13.2 Å². The van der Waals surface area contributed by atoms with Crippen molar-refractivity contribution in [3.8, 4) is 0 Å². The fourth-order valence-electron chi connectivity index (χ4n) is 0.498. The molecule has 0 unspecified atom stereocenters. The largest absolute Gasteiger partial charge is 0.412 e. The molecule has 0 amide bonds. The summed E-state index contributed by atoms with van der Waals surface area (Å²) in [7, 11) is 0. The molecule has 0 rings (SSSR count). The Kier molecular flexibility index (Phi) is 25.5. The molecule has 0 fully saturated rings. The monoisotopic (exact) mass is 194 g/mol. The lowest BCUT2D eigenvalue weighted by Gasteiger charge is -1.98. The van der Waals surface area contributed by atoms with Crippen LogP contribution < -0.4 is 0 Å². The molecule has 0 radical (unpaired) electrons. The fourth-order valence-corrected chi connectivity index (χ4v) is 0.498. The van der Waals surface area contributed by atoms with Gasteiger partial charge in [0.1, 0.15) is 0 Å². The van der Waals surface area contributed by atoms with E-state index >= 15 is 0 Å². The zero-order valence-electron chi connectivity index (χ0n) is 9.47. The molecule has 0 aliphatic rings. The molecule has 13 heavy (non-hydrogen) atoms. The smallest absolute Gasteiger partial charge is 0.0697 e. The predicted molar refractivity (Wildman–Crippen MR) is 56.9 cm³/mol. The summed E-state index contributed by atoms with van der Waals surface area (Å²) in [6.07, 6.45) is 2.66. The van der Waals surface area contributed by atoms with Gasteiger partial charge in [0.05, 0.1) is 13.2 Å². The number of hydrogen-bond donors (Lipinski definition) is 1. The van der Waals surface area contributed by atoms with E-state index < -0.39 is 0 Å². The summed E-state index contributed by atoms with van der Waals surface area (Å²) in [6, 6.07) is 0. The molecule has 0 saturated heterocycles. The highest BCUT2D eigenvalue weighted by molar-refractivity contribution is 4.41. The third-order valence-electron chi connectivity index (χ3n) is 1.83. The SMILES string of the molecule is CCC(C)CC.CCOCCO.O. The first-order valence-corrected chi connectivity index (χ1v) is 4.91. The van der Waals surface area contributed by atoms with Gasteiger partial charge in [-0.3, -0.25) is 0 Å². The topological polar surface area (TPSA) is 61.0 Å². The van der Waals surface area contributed by atoms with E-state index in [1.807, 2.05) is 6.92 Å². The van der Waals surface area contributed by atoms with E-state index in [0.717, 1.165) is 5.92 Å². The van der Waals surface area contributed by atoms with Crippen LogP contribution in [0.3, 0.4) is 0 Å². The maximum Gasteiger partial charge on any atom is 0.0697 e. The molecule has 0 bridgehead atoms. The molecule has 0 aromatic heterocycles. The van der Waals surface area contributed by atoms with Gasteiger partial charge in [-0.2, -0.15) is 0 Å². The van der Waals surface area contributed by atoms with E-state index in [1.165, 1.54) is 12.8 Å². The van der Waals surface area contributed by atoms with E-state index in [4.69, 9.17) is 9.84 Å². The Labute approximate surface area is 82.4 Å². The summed E-state index contributed by atoms with van der Waals surface area (Å²) in [6.45, 7) is 9.93. The molecule has 0 saturated carbocycles. The van der Waals surface area contributed by atoms with Crippen LogP contribution in [0.4, 0.5) is 0 Å². The first-order chi connectivity index (χ1) is 5.72. The standard InChI is InChI=1S/C6H14.C4H10O2.H2O/c1-4-6(3)5-2;1-2-6-4-3-5;/h6H,4-5H2,1-3H3;5H,2-4H2,1H3;1H2. The maximum absolute atomic E-state index is 8.07. The van der Waals surface area contributed by atoms with Gasteiger partial charge in [0.25, 0.3) is 0 Å². The maximum atomic E-state index is 8.07. The lowest BCUT2D eigenvalue weighted by Crippen LogP contribution is -1.96. The number of aliphatic hydroxyl groups excluding tert-OH is 1. The molecule has 3 heteroatoms. The molecule has 0 aromatic carbocycles. The molecule has 0 aliphatic heterocycles. The highest BCUT2D eigenvalue weighted by atomic mass is 16.5. The van der Waals surface area contributed by atoms with Gasteiger partial charge in [0, 0.05) is 6.61 Å². The van der Waals surface area contributed by atoms with Crippen molar-refractivity contribution >= 4 is 0 Å². The van der Waals surface area contributed by atoms with Gasteiger partial charge in [0.2, 0.25) is 0 Å². The van der Waals surface area contributed by atoms with E-state index in [-0.39, 0.29) is 12.1 Å².